The molecule has 3 nitrogen and oxygen atoms in total. The average Bonchev–Trinajstić information content (AvgIpc) is 2.17. The minimum absolute atomic E-state index is 0.332. The van der Waals surface area contributed by atoms with Crippen LogP contribution in [0.25, 0.3) is 0 Å². The van der Waals surface area contributed by atoms with Crippen LogP contribution in [0.3, 0.4) is 0 Å². The molecule has 0 aliphatic carbocycles. The molecular formula is C7H9BrF3N3. The quantitative estimate of drug-likeness (QED) is 0.670. The number of halogens is 4. The molecule has 3 unspecified atom stereocenters. The number of nitrogens with zero attached hydrogens (tertiary/aromatic N) is 2. The second kappa shape index (κ2) is 3.88. The minimum atomic E-state index is -4.39. The van der Waals surface area contributed by atoms with Gasteiger partial charge in [0.15, 0.2) is 6.04 Å². The van der Waals surface area contributed by atoms with Crippen molar-refractivity contribution in [2.24, 2.45) is 21.6 Å². The van der Waals surface area contributed by atoms with Crippen LogP contribution in [0.2, 0.25) is 0 Å². The van der Waals surface area contributed by atoms with E-state index in [4.69, 9.17) is 5.73 Å². The van der Waals surface area contributed by atoms with Crippen LogP contribution in [0.15, 0.2) is 9.98 Å². The Morgan fingerprint density at radius 1 is 1.50 bits per heavy atom. The highest BCUT2D eigenvalue weighted by molar-refractivity contribution is 9.10. The molecule has 0 radical (unpaired) electrons. The van der Waals surface area contributed by atoms with Crippen LogP contribution in [0.1, 0.15) is 6.92 Å². The first-order valence-corrected chi connectivity index (χ1v) is 4.82. The van der Waals surface area contributed by atoms with Crippen LogP contribution in [0, 0.1) is 5.92 Å². The van der Waals surface area contributed by atoms with Crippen molar-refractivity contribution in [3.63, 3.8) is 0 Å². The number of hydrogen-bond donors (Lipinski definition) is 1. The SMILES string of the molecule is CC1C(Br)C=NC(N)=NC1C(F)(F)F. The first-order chi connectivity index (χ1) is 6.32. The van der Waals surface area contributed by atoms with E-state index < -0.39 is 23.0 Å². The topological polar surface area (TPSA) is 50.7 Å². The average molecular weight is 272 g/mol. The molecule has 1 heterocycles. The fourth-order valence-corrected chi connectivity index (χ4v) is 1.53. The van der Waals surface area contributed by atoms with Gasteiger partial charge < -0.3 is 5.73 Å². The zero-order chi connectivity index (χ0) is 10.9. The Balaban J connectivity index is 2.99. The summed E-state index contributed by atoms with van der Waals surface area (Å²) < 4.78 is 37.4. The summed E-state index contributed by atoms with van der Waals surface area (Å²) in [5, 5.41) is 0. The molecule has 0 fully saturated rings. The second-order valence-corrected chi connectivity index (χ2v) is 4.11. The van der Waals surface area contributed by atoms with E-state index in [2.05, 4.69) is 25.9 Å². The van der Waals surface area contributed by atoms with Gasteiger partial charge in [-0.05, 0) is 0 Å². The Kier molecular flexibility index (Phi) is 3.18. The molecule has 1 aliphatic rings. The lowest BCUT2D eigenvalue weighted by Gasteiger charge is -2.23. The van der Waals surface area contributed by atoms with Crippen molar-refractivity contribution in [1.82, 2.24) is 0 Å². The molecule has 0 bridgehead atoms. The van der Waals surface area contributed by atoms with Gasteiger partial charge in [-0.3, -0.25) is 0 Å². The van der Waals surface area contributed by atoms with Gasteiger partial charge in [0.1, 0.15) is 0 Å². The lowest BCUT2D eigenvalue weighted by atomic mass is 9.99. The molecule has 80 valence electrons. The number of nitrogens with two attached hydrogens (primary N) is 1. The maximum absolute atomic E-state index is 12.5. The summed E-state index contributed by atoms with van der Waals surface area (Å²) in [6, 6.07) is -1.80. The van der Waals surface area contributed by atoms with E-state index in [0.29, 0.717) is 0 Å². The third kappa shape index (κ3) is 2.46. The van der Waals surface area contributed by atoms with Gasteiger partial charge >= 0.3 is 6.18 Å². The van der Waals surface area contributed by atoms with Gasteiger partial charge in [-0.1, -0.05) is 22.9 Å². The number of hydrogen-bond acceptors (Lipinski definition) is 3. The van der Waals surface area contributed by atoms with Crippen molar-refractivity contribution in [3.8, 4) is 0 Å². The van der Waals surface area contributed by atoms with Gasteiger partial charge in [0.25, 0.3) is 0 Å². The monoisotopic (exact) mass is 271 g/mol. The van der Waals surface area contributed by atoms with E-state index in [1.165, 1.54) is 13.1 Å². The van der Waals surface area contributed by atoms with E-state index in [1.807, 2.05) is 0 Å². The molecule has 0 saturated heterocycles. The number of aliphatic imine (C=N–C) groups is 2. The fourth-order valence-electron chi connectivity index (χ4n) is 1.12. The lowest BCUT2D eigenvalue weighted by Crippen LogP contribution is -2.37. The van der Waals surface area contributed by atoms with E-state index in [9.17, 15) is 13.2 Å². The molecule has 0 saturated carbocycles. The van der Waals surface area contributed by atoms with Crippen LogP contribution in [-0.2, 0) is 0 Å². The lowest BCUT2D eigenvalue weighted by molar-refractivity contribution is -0.155. The van der Waals surface area contributed by atoms with Crippen LogP contribution in [0.4, 0.5) is 13.2 Å². The summed E-state index contributed by atoms with van der Waals surface area (Å²) in [5.74, 6) is -1.05. The predicted octanol–water partition coefficient (Wildman–Crippen LogP) is 1.72. The Bertz CT molecular complexity index is 274. The summed E-state index contributed by atoms with van der Waals surface area (Å²) in [6.45, 7) is 1.45. The van der Waals surface area contributed by atoms with E-state index in [0.717, 1.165) is 0 Å². The molecule has 14 heavy (non-hydrogen) atoms. The third-order valence-electron chi connectivity index (χ3n) is 1.96. The highest BCUT2D eigenvalue weighted by atomic mass is 79.9. The van der Waals surface area contributed by atoms with Gasteiger partial charge in [-0.15, -0.1) is 0 Å². The molecule has 3 atom stereocenters. The van der Waals surface area contributed by atoms with Gasteiger partial charge in [0, 0.05) is 12.1 Å². The summed E-state index contributed by atoms with van der Waals surface area (Å²) in [4.78, 5) is 6.42. The largest absolute Gasteiger partial charge is 0.411 e. The molecule has 0 aromatic rings. The molecule has 7 heteroatoms. The van der Waals surface area contributed by atoms with Crippen molar-refractivity contribution >= 4 is 28.1 Å². The smallest absolute Gasteiger partial charge is 0.368 e. The first-order valence-electron chi connectivity index (χ1n) is 3.90. The normalized spacial score (nSPS) is 33.8. The van der Waals surface area contributed by atoms with Crippen molar-refractivity contribution in [3.05, 3.63) is 0 Å². The van der Waals surface area contributed by atoms with E-state index >= 15 is 0 Å². The van der Waals surface area contributed by atoms with Crippen LogP contribution in [0.5, 0.6) is 0 Å². The highest BCUT2D eigenvalue weighted by Gasteiger charge is 2.45. The molecule has 0 spiro atoms. The van der Waals surface area contributed by atoms with Gasteiger partial charge in [-0.2, -0.15) is 13.2 Å². The maximum atomic E-state index is 12.5. The summed E-state index contributed by atoms with van der Waals surface area (Å²) >= 11 is 3.09. The minimum Gasteiger partial charge on any atom is -0.368 e. The Morgan fingerprint density at radius 2 is 2.07 bits per heavy atom. The fraction of sp³-hybridized carbons (Fsp3) is 0.714. The summed E-state index contributed by atoms with van der Waals surface area (Å²) in [6.07, 6.45) is -3.06. The van der Waals surface area contributed by atoms with E-state index in [1.54, 1.807) is 0 Å². The maximum Gasteiger partial charge on any atom is 0.411 e. The molecule has 1 rings (SSSR count). The van der Waals surface area contributed by atoms with Crippen molar-refractivity contribution in [2.45, 2.75) is 24.0 Å². The van der Waals surface area contributed by atoms with Gasteiger partial charge in [0.2, 0.25) is 5.96 Å². The first kappa shape index (κ1) is 11.5. The van der Waals surface area contributed by atoms with Gasteiger partial charge in [0.05, 0.1) is 4.83 Å². The molecule has 2 N–H and O–H groups in total. The Hall–Kier alpha value is -0.590. The number of guanidine groups is 1. The van der Waals surface area contributed by atoms with E-state index in [-0.39, 0.29) is 5.96 Å². The Morgan fingerprint density at radius 3 is 2.57 bits per heavy atom. The van der Waals surface area contributed by atoms with Gasteiger partial charge in [-0.25, -0.2) is 9.98 Å². The molecule has 0 aromatic heterocycles. The zero-order valence-electron chi connectivity index (χ0n) is 7.29. The number of alkyl halides is 4. The van der Waals surface area contributed by atoms with Crippen molar-refractivity contribution in [1.29, 1.82) is 0 Å². The predicted molar refractivity (Wildman–Crippen MR) is 51.8 cm³/mol. The van der Waals surface area contributed by atoms with Crippen molar-refractivity contribution < 1.29 is 13.2 Å². The highest BCUT2D eigenvalue weighted by Crippen LogP contribution is 2.32. The van der Waals surface area contributed by atoms with Crippen LogP contribution < -0.4 is 5.73 Å². The summed E-state index contributed by atoms with van der Waals surface area (Å²) in [5.41, 5.74) is 5.18. The molecular weight excluding hydrogens is 263 g/mol. The molecule has 1 aliphatic heterocycles. The number of rotatable bonds is 0. The summed E-state index contributed by atoms with van der Waals surface area (Å²) in [7, 11) is 0. The second-order valence-electron chi connectivity index (χ2n) is 3.06. The van der Waals surface area contributed by atoms with Crippen LogP contribution >= 0.6 is 15.9 Å². The zero-order valence-corrected chi connectivity index (χ0v) is 8.88. The molecule has 0 aromatic carbocycles. The molecule has 0 amide bonds. The van der Waals surface area contributed by atoms with Crippen LogP contribution in [-0.4, -0.2) is 29.2 Å². The Labute approximate surface area is 87.4 Å². The third-order valence-corrected chi connectivity index (χ3v) is 3.03. The van der Waals surface area contributed by atoms with Crippen molar-refractivity contribution in [2.75, 3.05) is 0 Å². The standard InChI is InChI=1S/C7H9BrF3N3/c1-3-4(8)2-13-6(12)14-5(3)7(9,10)11/h2-5H,1H3,(H2,12,14).